The van der Waals surface area contributed by atoms with Crippen LogP contribution in [-0.4, -0.2) is 22.1 Å². The lowest BCUT2D eigenvalue weighted by atomic mass is 9.92. The molecule has 1 aromatic carbocycles. The Morgan fingerprint density at radius 2 is 2.10 bits per heavy atom. The van der Waals surface area contributed by atoms with Gasteiger partial charge in [-0.05, 0) is 38.8 Å². The fourth-order valence-electron chi connectivity index (χ4n) is 3.24. The molecule has 2 aromatic rings. The minimum atomic E-state index is 0.477. The molecule has 0 spiro atoms. The molecule has 2 unspecified atom stereocenters. The van der Waals surface area contributed by atoms with Crippen molar-refractivity contribution in [2.24, 2.45) is 0 Å². The summed E-state index contributed by atoms with van der Waals surface area (Å²) in [5, 5.41) is 3.67. The summed E-state index contributed by atoms with van der Waals surface area (Å²) >= 11 is 0. The van der Waals surface area contributed by atoms with Crippen LogP contribution >= 0.6 is 0 Å². The number of nitrogens with zero attached hydrogens (tertiary/aromatic N) is 2. The van der Waals surface area contributed by atoms with Crippen LogP contribution < -0.4 is 5.32 Å². The van der Waals surface area contributed by atoms with Crippen LogP contribution in [0.3, 0.4) is 0 Å². The number of hydrogen-bond acceptors (Lipinski definition) is 2. The molecule has 0 saturated carbocycles. The molecule has 0 bridgehead atoms. The number of aromatic nitrogens is 2. The largest absolute Gasteiger partial charge is 0.332 e. The number of benzene rings is 1. The van der Waals surface area contributed by atoms with Crippen LogP contribution in [0.25, 0.3) is 0 Å². The van der Waals surface area contributed by atoms with Gasteiger partial charge in [-0.3, -0.25) is 0 Å². The number of nitrogens with one attached hydrogen (secondary N) is 1. The lowest BCUT2D eigenvalue weighted by molar-refractivity contribution is 0.488. The third-order valence-corrected chi connectivity index (χ3v) is 4.28. The van der Waals surface area contributed by atoms with Crippen LogP contribution in [0, 0.1) is 0 Å². The van der Waals surface area contributed by atoms with Crippen molar-refractivity contribution >= 4 is 0 Å². The summed E-state index contributed by atoms with van der Waals surface area (Å²) < 4.78 is 2.32. The predicted molar refractivity (Wildman–Crippen MR) is 81.9 cm³/mol. The average Bonchev–Trinajstić information content (AvgIpc) is 3.07. The smallest absolute Gasteiger partial charge is 0.0950 e. The van der Waals surface area contributed by atoms with Crippen LogP contribution in [0.4, 0.5) is 0 Å². The second kappa shape index (κ2) is 5.80. The van der Waals surface area contributed by atoms with Crippen molar-refractivity contribution in [1.29, 1.82) is 0 Å². The highest BCUT2D eigenvalue weighted by molar-refractivity contribution is 5.20. The molecule has 1 fully saturated rings. The monoisotopic (exact) mass is 269 g/mol. The summed E-state index contributed by atoms with van der Waals surface area (Å²) in [4.78, 5) is 4.36. The van der Waals surface area contributed by atoms with Gasteiger partial charge in [0, 0.05) is 29.9 Å². The number of rotatable bonds is 4. The van der Waals surface area contributed by atoms with Crippen molar-refractivity contribution < 1.29 is 0 Å². The number of imidazole rings is 1. The Morgan fingerprint density at radius 1 is 1.30 bits per heavy atom. The molecule has 2 atom stereocenters. The van der Waals surface area contributed by atoms with Gasteiger partial charge in [-0.2, -0.15) is 0 Å². The highest BCUT2D eigenvalue weighted by atomic mass is 15.1. The van der Waals surface area contributed by atoms with Crippen molar-refractivity contribution in [3.05, 3.63) is 54.1 Å². The van der Waals surface area contributed by atoms with E-state index in [0.29, 0.717) is 18.0 Å². The van der Waals surface area contributed by atoms with E-state index in [9.17, 15) is 0 Å². The highest BCUT2D eigenvalue weighted by Crippen LogP contribution is 2.30. The Bertz CT molecular complexity index is 544. The third-order valence-electron chi connectivity index (χ3n) is 4.28. The summed E-state index contributed by atoms with van der Waals surface area (Å²) in [5.74, 6) is 0.570. The summed E-state index contributed by atoms with van der Waals surface area (Å²) in [6.45, 7) is 5.55. The molecule has 0 aliphatic carbocycles. The normalized spacial score (nSPS) is 22.6. The van der Waals surface area contributed by atoms with Gasteiger partial charge in [0.1, 0.15) is 0 Å². The molecule has 3 nitrogen and oxygen atoms in total. The van der Waals surface area contributed by atoms with Gasteiger partial charge in [-0.25, -0.2) is 4.98 Å². The van der Waals surface area contributed by atoms with E-state index in [2.05, 4.69) is 65.2 Å². The van der Waals surface area contributed by atoms with Gasteiger partial charge in [-0.15, -0.1) is 0 Å². The Hall–Kier alpha value is -1.61. The van der Waals surface area contributed by atoms with E-state index < -0.39 is 0 Å². The first kappa shape index (κ1) is 13.4. The van der Waals surface area contributed by atoms with E-state index in [1.165, 1.54) is 17.7 Å². The topological polar surface area (TPSA) is 29.9 Å². The zero-order chi connectivity index (χ0) is 13.9. The van der Waals surface area contributed by atoms with Crippen LogP contribution in [0.2, 0.25) is 0 Å². The van der Waals surface area contributed by atoms with Crippen molar-refractivity contribution in [3.63, 3.8) is 0 Å². The maximum atomic E-state index is 4.36. The van der Waals surface area contributed by atoms with Crippen LogP contribution in [0.1, 0.15) is 43.5 Å². The van der Waals surface area contributed by atoms with Gasteiger partial charge in [-0.1, -0.05) is 30.3 Å². The molecule has 1 N–H and O–H groups in total. The van der Waals surface area contributed by atoms with Gasteiger partial charge in [0.05, 0.1) is 6.33 Å². The van der Waals surface area contributed by atoms with Crippen molar-refractivity contribution in [1.82, 2.24) is 14.9 Å². The Balaban J connectivity index is 1.80. The van der Waals surface area contributed by atoms with Gasteiger partial charge in [0.2, 0.25) is 0 Å². The molecule has 2 heterocycles. The number of hydrogen-bond donors (Lipinski definition) is 1. The molecular formula is C17H23N3. The van der Waals surface area contributed by atoms with E-state index >= 15 is 0 Å². The molecule has 1 aromatic heterocycles. The second-order valence-electron chi connectivity index (χ2n) is 5.97. The fourth-order valence-corrected chi connectivity index (χ4v) is 3.24. The molecule has 1 aliphatic rings. The molecule has 3 rings (SSSR count). The van der Waals surface area contributed by atoms with Crippen molar-refractivity contribution in [2.45, 2.75) is 44.7 Å². The molecule has 0 amide bonds. The van der Waals surface area contributed by atoms with E-state index in [-0.39, 0.29) is 0 Å². The molecular weight excluding hydrogens is 246 g/mol. The zero-order valence-electron chi connectivity index (χ0n) is 12.3. The highest BCUT2D eigenvalue weighted by Gasteiger charge is 2.30. The van der Waals surface area contributed by atoms with E-state index in [4.69, 9.17) is 0 Å². The van der Waals surface area contributed by atoms with Crippen LogP contribution in [-0.2, 0) is 6.42 Å². The second-order valence-corrected chi connectivity index (χ2v) is 5.97. The lowest BCUT2D eigenvalue weighted by Crippen LogP contribution is -2.29. The van der Waals surface area contributed by atoms with Gasteiger partial charge in [0.25, 0.3) is 0 Å². The quantitative estimate of drug-likeness (QED) is 0.924. The summed E-state index contributed by atoms with van der Waals surface area (Å²) in [6.07, 6.45) is 6.32. The minimum Gasteiger partial charge on any atom is -0.332 e. The first-order valence-electron chi connectivity index (χ1n) is 7.54. The third kappa shape index (κ3) is 2.63. The standard InChI is InChI=1S/C17H23N3/c1-13(2)20-12-18-11-17(20)15-8-9-19-16(15)10-14-6-4-3-5-7-14/h3-7,11-13,15-16,19H,8-10H2,1-2H3. The summed E-state index contributed by atoms with van der Waals surface area (Å²) in [5.41, 5.74) is 2.79. The maximum Gasteiger partial charge on any atom is 0.0950 e. The molecule has 106 valence electrons. The Morgan fingerprint density at radius 3 is 2.85 bits per heavy atom. The molecule has 1 saturated heterocycles. The zero-order valence-corrected chi connectivity index (χ0v) is 12.3. The lowest BCUT2D eigenvalue weighted by Gasteiger charge is -2.22. The van der Waals surface area contributed by atoms with Gasteiger partial charge >= 0.3 is 0 Å². The van der Waals surface area contributed by atoms with Crippen LogP contribution in [0.5, 0.6) is 0 Å². The maximum absolute atomic E-state index is 4.36. The van der Waals surface area contributed by atoms with E-state index in [1.807, 2.05) is 6.33 Å². The first-order chi connectivity index (χ1) is 9.75. The summed E-state index contributed by atoms with van der Waals surface area (Å²) in [7, 11) is 0. The Labute approximate surface area is 121 Å². The molecule has 3 heteroatoms. The van der Waals surface area contributed by atoms with E-state index in [1.54, 1.807) is 0 Å². The van der Waals surface area contributed by atoms with Crippen molar-refractivity contribution in [2.75, 3.05) is 6.54 Å². The SMILES string of the molecule is CC(C)n1cncc1C1CCNC1Cc1ccccc1. The summed E-state index contributed by atoms with van der Waals surface area (Å²) in [6, 6.07) is 11.8. The average molecular weight is 269 g/mol. The molecule has 20 heavy (non-hydrogen) atoms. The molecule has 0 radical (unpaired) electrons. The molecule has 1 aliphatic heterocycles. The predicted octanol–water partition coefficient (Wildman–Crippen LogP) is 3.15. The van der Waals surface area contributed by atoms with Gasteiger partial charge < -0.3 is 9.88 Å². The van der Waals surface area contributed by atoms with Gasteiger partial charge in [0.15, 0.2) is 0 Å². The van der Waals surface area contributed by atoms with Crippen molar-refractivity contribution in [3.8, 4) is 0 Å². The fraction of sp³-hybridized carbons (Fsp3) is 0.471. The van der Waals surface area contributed by atoms with Crippen LogP contribution in [0.15, 0.2) is 42.9 Å². The van der Waals surface area contributed by atoms with E-state index in [0.717, 1.165) is 13.0 Å². The Kier molecular flexibility index (Phi) is 3.88. The minimum absolute atomic E-state index is 0.477. The first-order valence-corrected chi connectivity index (χ1v) is 7.54.